The van der Waals surface area contributed by atoms with Crippen molar-refractivity contribution in [3.8, 4) is 11.5 Å². The smallest absolute Gasteiger partial charge is 0.267 e. The molecule has 1 fully saturated rings. The number of hydrogen-bond donors (Lipinski definition) is 1. The molecule has 0 bridgehead atoms. The van der Waals surface area contributed by atoms with Gasteiger partial charge in [0.15, 0.2) is 11.5 Å². The van der Waals surface area contributed by atoms with E-state index in [0.717, 1.165) is 24.8 Å². The van der Waals surface area contributed by atoms with Crippen LogP contribution in [0.5, 0.6) is 11.5 Å². The molecule has 0 radical (unpaired) electrons. The molecule has 4 rings (SSSR count). The summed E-state index contributed by atoms with van der Waals surface area (Å²) < 4.78 is 39.9. The van der Waals surface area contributed by atoms with Crippen LogP contribution in [0.2, 0.25) is 5.02 Å². The van der Waals surface area contributed by atoms with Crippen LogP contribution in [0.1, 0.15) is 35.3 Å². The highest BCUT2D eigenvalue weighted by Gasteiger charge is 2.28. The lowest BCUT2D eigenvalue weighted by molar-refractivity contribution is 0.0946. The number of ether oxygens (including phenoxy) is 2. The number of hydrogen-bond acceptors (Lipinski definition) is 5. The molecule has 1 N–H and O–H groups in total. The van der Waals surface area contributed by atoms with Crippen molar-refractivity contribution in [2.24, 2.45) is 7.05 Å². The zero-order chi connectivity index (χ0) is 22.0. The van der Waals surface area contributed by atoms with Crippen LogP contribution in [0.4, 0.5) is 0 Å². The summed E-state index contributed by atoms with van der Waals surface area (Å²) in [4.78, 5) is 12.8. The van der Waals surface area contributed by atoms with Crippen molar-refractivity contribution in [3.63, 3.8) is 0 Å². The molecule has 0 atom stereocenters. The lowest BCUT2D eigenvalue weighted by Crippen LogP contribution is -2.35. The number of carbonyl (C=O) groups is 1. The van der Waals surface area contributed by atoms with Crippen molar-refractivity contribution in [3.05, 3.63) is 40.7 Å². The van der Waals surface area contributed by atoms with E-state index >= 15 is 0 Å². The fourth-order valence-electron chi connectivity index (χ4n) is 3.87. The minimum atomic E-state index is -3.58. The summed E-state index contributed by atoms with van der Waals surface area (Å²) in [6.45, 7) is 2.36. The van der Waals surface area contributed by atoms with Gasteiger partial charge in [0.25, 0.3) is 5.91 Å². The Kier molecular flexibility index (Phi) is 6.45. The monoisotopic (exact) mass is 467 g/mol. The number of sulfonamides is 1. The average molecular weight is 468 g/mol. The zero-order valence-electron chi connectivity index (χ0n) is 17.4. The molecule has 0 saturated carbocycles. The molecule has 2 aliphatic heterocycles. The highest BCUT2D eigenvalue weighted by atomic mass is 35.5. The van der Waals surface area contributed by atoms with E-state index in [4.69, 9.17) is 21.1 Å². The van der Waals surface area contributed by atoms with Crippen molar-refractivity contribution in [1.82, 2.24) is 14.2 Å². The molecule has 8 nitrogen and oxygen atoms in total. The van der Waals surface area contributed by atoms with Crippen molar-refractivity contribution >= 4 is 27.5 Å². The Labute approximate surface area is 187 Å². The predicted octanol–water partition coefficient (Wildman–Crippen LogP) is 2.60. The summed E-state index contributed by atoms with van der Waals surface area (Å²) in [6.07, 6.45) is 4.82. The van der Waals surface area contributed by atoms with Gasteiger partial charge >= 0.3 is 0 Å². The molecule has 31 heavy (non-hydrogen) atoms. The van der Waals surface area contributed by atoms with Crippen molar-refractivity contribution in [2.75, 3.05) is 32.8 Å². The number of benzene rings is 1. The molecule has 2 aromatic rings. The molecule has 1 aromatic carbocycles. The predicted molar refractivity (Wildman–Crippen MR) is 117 cm³/mol. The van der Waals surface area contributed by atoms with Crippen LogP contribution in [-0.4, -0.2) is 56.0 Å². The molecular formula is C21H26ClN3O5S. The summed E-state index contributed by atoms with van der Waals surface area (Å²) >= 11 is 6.26. The van der Waals surface area contributed by atoms with Gasteiger partial charge in [0, 0.05) is 32.9 Å². The lowest BCUT2D eigenvalue weighted by atomic mass is 10.1. The third-order valence-electron chi connectivity index (χ3n) is 5.52. The first-order valence-electron chi connectivity index (χ1n) is 10.4. The molecule has 0 aliphatic carbocycles. The molecule has 1 saturated heterocycles. The molecule has 2 aliphatic rings. The standard InChI is InChI=1S/C21H26ClN3O5S/c1-24-14-16(31(27,28)25-7-3-2-4-8-25)13-18(24)21(26)23-6-5-15-11-17(22)20-19(12-15)29-9-10-30-20/h11-14H,2-10H2,1H3,(H,23,26). The number of aromatic nitrogens is 1. The second-order valence-corrected chi connectivity index (χ2v) is 10.1. The van der Waals surface area contributed by atoms with Gasteiger partial charge in [0.05, 0.1) is 5.02 Å². The first-order valence-corrected chi connectivity index (χ1v) is 12.2. The molecule has 0 spiro atoms. The van der Waals surface area contributed by atoms with Gasteiger partial charge in [-0.05, 0) is 43.0 Å². The molecule has 10 heteroatoms. The van der Waals surface area contributed by atoms with Gasteiger partial charge in [-0.1, -0.05) is 18.0 Å². The van der Waals surface area contributed by atoms with Crippen LogP contribution in [-0.2, 0) is 23.5 Å². The highest BCUT2D eigenvalue weighted by Crippen LogP contribution is 2.38. The third-order valence-corrected chi connectivity index (χ3v) is 7.67. The molecule has 3 heterocycles. The SMILES string of the molecule is Cn1cc(S(=O)(=O)N2CCCCC2)cc1C(=O)NCCc1cc(Cl)c2c(c1)OCCO2. The molecule has 168 valence electrons. The van der Waals surface area contributed by atoms with Crippen molar-refractivity contribution in [1.29, 1.82) is 0 Å². The Balaban J connectivity index is 1.40. The second kappa shape index (κ2) is 9.10. The van der Waals surface area contributed by atoms with Crippen LogP contribution in [0.25, 0.3) is 0 Å². The van der Waals surface area contributed by atoms with E-state index in [2.05, 4.69) is 5.32 Å². The Bertz CT molecular complexity index is 1080. The summed E-state index contributed by atoms with van der Waals surface area (Å²) in [7, 11) is -1.91. The minimum Gasteiger partial charge on any atom is -0.486 e. The quantitative estimate of drug-likeness (QED) is 0.705. The van der Waals surface area contributed by atoms with E-state index in [1.54, 1.807) is 17.7 Å². The van der Waals surface area contributed by atoms with E-state index in [9.17, 15) is 13.2 Å². The van der Waals surface area contributed by atoms with Gasteiger partial charge in [-0.2, -0.15) is 4.31 Å². The summed E-state index contributed by atoms with van der Waals surface area (Å²) in [5.41, 5.74) is 1.21. The highest BCUT2D eigenvalue weighted by molar-refractivity contribution is 7.89. The van der Waals surface area contributed by atoms with Gasteiger partial charge < -0.3 is 19.4 Å². The first kappa shape index (κ1) is 22.0. The molecule has 0 unspecified atom stereocenters. The van der Waals surface area contributed by atoms with E-state index in [1.165, 1.54) is 16.6 Å². The molecular weight excluding hydrogens is 442 g/mol. The fourth-order valence-corrected chi connectivity index (χ4v) is 5.75. The Morgan fingerprint density at radius 2 is 1.87 bits per heavy atom. The number of rotatable bonds is 6. The lowest BCUT2D eigenvalue weighted by Gasteiger charge is -2.25. The van der Waals surface area contributed by atoms with Crippen LogP contribution >= 0.6 is 11.6 Å². The maximum Gasteiger partial charge on any atom is 0.267 e. The number of halogens is 1. The average Bonchev–Trinajstić information content (AvgIpc) is 3.17. The van der Waals surface area contributed by atoms with E-state index < -0.39 is 10.0 Å². The number of nitrogens with one attached hydrogen (secondary N) is 1. The Morgan fingerprint density at radius 1 is 1.13 bits per heavy atom. The van der Waals surface area contributed by atoms with Gasteiger partial charge in [-0.3, -0.25) is 4.79 Å². The summed E-state index contributed by atoms with van der Waals surface area (Å²) in [6, 6.07) is 5.10. The number of aryl methyl sites for hydroxylation is 1. The van der Waals surface area contributed by atoms with E-state index in [0.29, 0.717) is 61.5 Å². The maximum absolute atomic E-state index is 12.9. The molecule has 1 amide bonds. The van der Waals surface area contributed by atoms with Crippen LogP contribution in [0, 0.1) is 0 Å². The van der Waals surface area contributed by atoms with Crippen LogP contribution in [0.15, 0.2) is 29.3 Å². The summed E-state index contributed by atoms with van der Waals surface area (Å²) in [5, 5.41) is 3.33. The first-order chi connectivity index (χ1) is 14.9. The number of carbonyl (C=O) groups excluding carboxylic acids is 1. The van der Waals surface area contributed by atoms with Crippen molar-refractivity contribution < 1.29 is 22.7 Å². The normalized spacial score (nSPS) is 16.8. The second-order valence-electron chi connectivity index (χ2n) is 7.74. The van der Waals surface area contributed by atoms with Gasteiger partial charge in [0.2, 0.25) is 10.0 Å². The van der Waals surface area contributed by atoms with E-state index in [1.807, 2.05) is 6.07 Å². The number of fused-ring (bicyclic) bond motifs is 1. The van der Waals surface area contributed by atoms with Crippen LogP contribution in [0.3, 0.4) is 0 Å². The summed E-state index contributed by atoms with van der Waals surface area (Å²) in [5.74, 6) is 0.827. The van der Waals surface area contributed by atoms with Gasteiger partial charge in [0.1, 0.15) is 23.8 Å². The zero-order valence-corrected chi connectivity index (χ0v) is 19.0. The largest absolute Gasteiger partial charge is 0.486 e. The number of amides is 1. The number of nitrogens with zero attached hydrogens (tertiary/aromatic N) is 2. The number of piperidine rings is 1. The Morgan fingerprint density at radius 3 is 2.65 bits per heavy atom. The van der Waals surface area contributed by atoms with Gasteiger partial charge in [-0.15, -0.1) is 0 Å². The fraction of sp³-hybridized carbons (Fsp3) is 0.476. The topological polar surface area (TPSA) is 89.9 Å². The Hall–Kier alpha value is -2.23. The van der Waals surface area contributed by atoms with Crippen LogP contribution < -0.4 is 14.8 Å². The molecule has 1 aromatic heterocycles. The van der Waals surface area contributed by atoms with Gasteiger partial charge in [-0.25, -0.2) is 8.42 Å². The third kappa shape index (κ3) is 4.68. The maximum atomic E-state index is 12.9. The van der Waals surface area contributed by atoms with Crippen molar-refractivity contribution in [2.45, 2.75) is 30.6 Å². The minimum absolute atomic E-state index is 0.153. The van der Waals surface area contributed by atoms with E-state index in [-0.39, 0.29) is 10.8 Å².